The van der Waals surface area contributed by atoms with Gasteiger partial charge >= 0.3 is 0 Å². The number of hydrogen-bond acceptors (Lipinski definition) is 5. The van der Waals surface area contributed by atoms with Gasteiger partial charge in [0.2, 0.25) is 0 Å². The molecule has 3 aromatic rings. The fourth-order valence-corrected chi connectivity index (χ4v) is 4.41. The Bertz CT molecular complexity index is 1090. The number of non-ortho nitro benzene ring substituents is 1. The number of benzene rings is 1. The van der Waals surface area contributed by atoms with Crippen LogP contribution in [0.15, 0.2) is 35.3 Å². The number of nitrogens with zero attached hydrogens (tertiary/aromatic N) is 3. The molecule has 1 aromatic carbocycles. The number of amides is 1. The molecular weight excluding hydrogens is 382 g/mol. The Morgan fingerprint density at radius 3 is 2.80 bits per heavy atom. The van der Waals surface area contributed by atoms with Crippen molar-refractivity contribution in [1.29, 1.82) is 0 Å². The highest BCUT2D eigenvalue weighted by molar-refractivity contribution is 7.16. The lowest BCUT2D eigenvalue weighted by molar-refractivity contribution is -0.384. The largest absolute Gasteiger partial charge is 0.305 e. The fourth-order valence-electron chi connectivity index (χ4n) is 2.25. The lowest BCUT2D eigenvalue weighted by Gasteiger charge is -1.99. The zero-order valence-electron chi connectivity index (χ0n) is 12.6. The first kappa shape index (κ1) is 17.4. The van der Waals surface area contributed by atoms with Gasteiger partial charge in [-0.3, -0.25) is 14.9 Å². The molecule has 3 rings (SSSR count). The van der Waals surface area contributed by atoms with E-state index in [9.17, 15) is 14.9 Å². The molecule has 0 fully saturated rings. The summed E-state index contributed by atoms with van der Waals surface area (Å²) in [5.41, 5.74) is 0.687. The number of thiazole rings is 1. The smallest absolute Gasteiger partial charge is 0.270 e. The average molecular weight is 392 g/mol. The minimum Gasteiger partial charge on any atom is -0.305 e. The van der Waals surface area contributed by atoms with E-state index in [4.69, 9.17) is 18.0 Å². The van der Waals surface area contributed by atoms with Gasteiger partial charge in [-0.1, -0.05) is 28.9 Å². The van der Waals surface area contributed by atoms with Crippen LogP contribution in [-0.2, 0) is 17.8 Å². The van der Waals surface area contributed by atoms with Gasteiger partial charge in [-0.15, -0.1) is 17.8 Å². The van der Waals surface area contributed by atoms with E-state index < -0.39 is 4.92 Å². The van der Waals surface area contributed by atoms with Gasteiger partial charge in [-0.2, -0.15) is 4.99 Å². The summed E-state index contributed by atoms with van der Waals surface area (Å²) in [6.45, 7) is 0.217. The Morgan fingerprint density at radius 2 is 2.16 bits per heavy atom. The van der Waals surface area contributed by atoms with Gasteiger partial charge in [0, 0.05) is 17.0 Å². The number of terminal acetylenes is 1. The molecule has 1 amide bonds. The van der Waals surface area contributed by atoms with Gasteiger partial charge in [0.05, 0.1) is 32.4 Å². The number of rotatable bonds is 4. The van der Waals surface area contributed by atoms with Crippen LogP contribution in [0.1, 0.15) is 4.88 Å². The Balaban J connectivity index is 2.04. The zero-order valence-corrected chi connectivity index (χ0v) is 15.0. The number of carbonyl (C=O) groups excluding carboxylic acids is 1. The first-order valence-corrected chi connectivity index (χ1v) is 9.02. The van der Waals surface area contributed by atoms with Crippen LogP contribution in [0.4, 0.5) is 5.69 Å². The van der Waals surface area contributed by atoms with E-state index in [1.165, 1.54) is 34.8 Å². The normalized spacial score (nSPS) is 11.6. The van der Waals surface area contributed by atoms with Crippen molar-refractivity contribution in [2.75, 3.05) is 0 Å². The molecule has 0 unspecified atom stereocenters. The molecule has 25 heavy (non-hydrogen) atoms. The van der Waals surface area contributed by atoms with Crippen LogP contribution >= 0.6 is 34.3 Å². The van der Waals surface area contributed by atoms with E-state index in [-0.39, 0.29) is 24.6 Å². The molecule has 9 heteroatoms. The van der Waals surface area contributed by atoms with Crippen LogP contribution in [-0.4, -0.2) is 15.4 Å². The molecule has 0 radical (unpaired) electrons. The van der Waals surface area contributed by atoms with Crippen molar-refractivity contribution in [2.45, 2.75) is 13.0 Å². The number of fused-ring (bicyclic) bond motifs is 1. The average Bonchev–Trinajstić information content (AvgIpc) is 3.11. The van der Waals surface area contributed by atoms with Gasteiger partial charge in [0.15, 0.2) is 4.80 Å². The second-order valence-electron chi connectivity index (χ2n) is 4.97. The van der Waals surface area contributed by atoms with E-state index in [1.807, 2.05) is 0 Å². The van der Waals surface area contributed by atoms with Crippen molar-refractivity contribution in [3.63, 3.8) is 0 Å². The molecule has 126 valence electrons. The predicted octanol–water partition coefficient (Wildman–Crippen LogP) is 3.63. The van der Waals surface area contributed by atoms with Crippen molar-refractivity contribution >= 4 is 56.1 Å². The summed E-state index contributed by atoms with van der Waals surface area (Å²) < 4.78 is 2.96. The molecule has 2 aromatic heterocycles. The summed E-state index contributed by atoms with van der Waals surface area (Å²) in [6, 6.07) is 7.98. The number of thiophene rings is 1. The summed E-state index contributed by atoms with van der Waals surface area (Å²) in [5, 5.41) is 10.9. The van der Waals surface area contributed by atoms with Crippen LogP contribution in [0.5, 0.6) is 0 Å². The van der Waals surface area contributed by atoms with E-state index in [1.54, 1.807) is 22.8 Å². The highest BCUT2D eigenvalue weighted by Crippen LogP contribution is 2.24. The number of aromatic nitrogens is 1. The van der Waals surface area contributed by atoms with Gasteiger partial charge in [0.1, 0.15) is 0 Å². The molecule has 0 aliphatic rings. The van der Waals surface area contributed by atoms with E-state index in [0.717, 1.165) is 4.88 Å². The summed E-state index contributed by atoms with van der Waals surface area (Å²) in [5.74, 6) is 2.19. The monoisotopic (exact) mass is 391 g/mol. The van der Waals surface area contributed by atoms with Gasteiger partial charge < -0.3 is 4.57 Å². The first-order valence-electron chi connectivity index (χ1n) is 7.01. The molecule has 0 atom stereocenters. The third-order valence-corrected chi connectivity index (χ3v) is 5.57. The van der Waals surface area contributed by atoms with Crippen LogP contribution < -0.4 is 4.80 Å². The second kappa shape index (κ2) is 7.19. The van der Waals surface area contributed by atoms with Gasteiger partial charge in [-0.05, 0) is 18.2 Å². The Kier molecular flexibility index (Phi) is 4.99. The van der Waals surface area contributed by atoms with Crippen molar-refractivity contribution in [2.24, 2.45) is 4.99 Å². The predicted molar refractivity (Wildman–Crippen MR) is 98.9 cm³/mol. The summed E-state index contributed by atoms with van der Waals surface area (Å²) in [7, 11) is 0. The molecule has 0 saturated carbocycles. The maximum absolute atomic E-state index is 12.2. The van der Waals surface area contributed by atoms with Crippen LogP contribution in [0, 0.1) is 22.5 Å². The third-order valence-electron chi connectivity index (χ3n) is 3.30. The lowest BCUT2D eigenvalue weighted by atomic mass is 10.3. The lowest BCUT2D eigenvalue weighted by Crippen LogP contribution is -2.16. The zero-order chi connectivity index (χ0) is 18.0. The second-order valence-corrected chi connectivity index (χ2v) is 7.78. The quantitative estimate of drug-likeness (QED) is 0.387. The number of hydrogen-bond donors (Lipinski definition) is 0. The minimum absolute atomic E-state index is 0.0206. The topological polar surface area (TPSA) is 77.5 Å². The third kappa shape index (κ3) is 3.79. The number of nitro groups is 1. The molecule has 0 aliphatic carbocycles. The van der Waals surface area contributed by atoms with E-state index >= 15 is 0 Å². The highest BCUT2D eigenvalue weighted by atomic mass is 35.5. The van der Waals surface area contributed by atoms with Crippen molar-refractivity contribution in [3.8, 4) is 12.3 Å². The maximum Gasteiger partial charge on any atom is 0.270 e. The summed E-state index contributed by atoms with van der Waals surface area (Å²) in [6.07, 6.45) is 5.54. The Morgan fingerprint density at radius 1 is 1.36 bits per heavy atom. The van der Waals surface area contributed by atoms with Crippen molar-refractivity contribution in [3.05, 3.63) is 54.5 Å². The number of halogens is 1. The van der Waals surface area contributed by atoms with Crippen LogP contribution in [0.3, 0.4) is 0 Å². The van der Waals surface area contributed by atoms with Crippen molar-refractivity contribution in [1.82, 2.24) is 4.57 Å². The van der Waals surface area contributed by atoms with Crippen LogP contribution in [0.25, 0.3) is 10.2 Å². The SMILES string of the molecule is C#CCn1c(=NC(=O)Cc2ccc(Cl)s2)sc2cc([N+](=O)[O-])ccc21. The molecule has 0 N–H and O–H groups in total. The fraction of sp³-hybridized carbons (Fsp3) is 0.125. The van der Waals surface area contributed by atoms with E-state index in [2.05, 4.69) is 10.9 Å². The van der Waals surface area contributed by atoms with Gasteiger partial charge in [0.25, 0.3) is 11.6 Å². The van der Waals surface area contributed by atoms with Crippen molar-refractivity contribution < 1.29 is 9.72 Å². The molecule has 6 nitrogen and oxygen atoms in total. The Hall–Kier alpha value is -2.47. The first-order chi connectivity index (χ1) is 12.0. The molecular formula is C16H10ClN3O3S2. The highest BCUT2D eigenvalue weighted by Gasteiger charge is 2.12. The minimum atomic E-state index is -0.465. The Labute approximate surface area is 155 Å². The molecule has 0 bridgehead atoms. The standard InChI is InChI=1S/C16H10ClN3O3S2/c1-2-7-19-12-5-3-10(20(22)23)8-13(12)25-16(19)18-15(21)9-11-4-6-14(17)24-11/h1,3-6,8H,7,9H2. The summed E-state index contributed by atoms with van der Waals surface area (Å²) >= 11 is 8.38. The molecule has 0 aliphatic heterocycles. The maximum atomic E-state index is 12.2. The van der Waals surface area contributed by atoms with Gasteiger partial charge in [-0.25, -0.2) is 0 Å². The number of carbonyl (C=O) groups is 1. The van der Waals surface area contributed by atoms with Crippen LogP contribution in [0.2, 0.25) is 4.34 Å². The molecule has 0 saturated heterocycles. The number of nitro benzene ring substituents is 1. The van der Waals surface area contributed by atoms with E-state index in [0.29, 0.717) is 19.4 Å². The molecule has 2 heterocycles. The summed E-state index contributed by atoms with van der Waals surface area (Å²) in [4.78, 5) is 28.1. The molecule has 0 spiro atoms.